The zero-order chi connectivity index (χ0) is 28.3. The van der Waals surface area contributed by atoms with Crippen LogP contribution in [0.4, 0.5) is 0 Å². The number of benzene rings is 2. The van der Waals surface area contributed by atoms with Gasteiger partial charge in [-0.1, -0.05) is 12.1 Å². The second kappa shape index (κ2) is 11.0. The maximum atomic E-state index is 12.3. The van der Waals surface area contributed by atoms with Crippen LogP contribution in [-0.2, 0) is 33.3 Å². The summed E-state index contributed by atoms with van der Waals surface area (Å²) in [4.78, 5) is 36.4. The number of aliphatic carboxylic acids is 1. The molecule has 2 aromatic rings. The van der Waals surface area contributed by atoms with E-state index in [0.29, 0.717) is 11.1 Å². The number of aliphatic hydroxyl groups is 1. The van der Waals surface area contributed by atoms with Crippen LogP contribution in [0, 0.1) is 0 Å². The molecule has 13 heteroatoms. The molecule has 2 bridgehead atoms. The Hall–Kier alpha value is -4.59. The first-order valence-electron chi connectivity index (χ1n) is 11.5. The lowest BCUT2D eigenvalue weighted by Crippen LogP contribution is -2.55. The Morgan fingerprint density at radius 1 is 0.872 bits per heavy atom. The van der Waals surface area contributed by atoms with Crippen LogP contribution in [0.1, 0.15) is 17.5 Å². The number of phenols is 4. The van der Waals surface area contributed by atoms with Crippen LogP contribution in [0.2, 0.25) is 0 Å². The van der Waals surface area contributed by atoms with Gasteiger partial charge in [0, 0.05) is 12.2 Å². The summed E-state index contributed by atoms with van der Waals surface area (Å²) in [6, 6.07) is 7.72. The summed E-state index contributed by atoms with van der Waals surface area (Å²) in [5, 5.41) is 58.2. The van der Waals surface area contributed by atoms with Gasteiger partial charge in [-0.25, -0.2) is 14.4 Å². The number of ether oxygens (including phenoxy) is 4. The third-order valence-electron chi connectivity index (χ3n) is 6.03. The lowest BCUT2D eigenvalue weighted by atomic mass is 9.95. The summed E-state index contributed by atoms with van der Waals surface area (Å²) in [6.07, 6.45) is -1.31. The minimum absolute atomic E-state index is 0.331. The summed E-state index contributed by atoms with van der Waals surface area (Å²) >= 11 is 0. The summed E-state index contributed by atoms with van der Waals surface area (Å²) in [7, 11) is 0. The highest BCUT2D eigenvalue weighted by Crippen LogP contribution is 2.42. The van der Waals surface area contributed by atoms with Gasteiger partial charge in [0.25, 0.3) is 5.79 Å². The van der Waals surface area contributed by atoms with E-state index in [1.54, 1.807) is 0 Å². The van der Waals surface area contributed by atoms with Gasteiger partial charge in [0.15, 0.2) is 23.0 Å². The fourth-order valence-corrected chi connectivity index (χ4v) is 4.06. The van der Waals surface area contributed by atoms with Gasteiger partial charge in [-0.15, -0.1) is 0 Å². The highest BCUT2D eigenvalue weighted by atomic mass is 16.8. The second-order valence-corrected chi connectivity index (χ2v) is 8.76. The summed E-state index contributed by atoms with van der Waals surface area (Å²) in [6.45, 7) is -0.494. The normalized spacial score (nSPS) is 26.1. The first-order valence-corrected chi connectivity index (χ1v) is 11.5. The van der Waals surface area contributed by atoms with Crippen LogP contribution >= 0.6 is 0 Å². The minimum Gasteiger partial charge on any atom is -0.504 e. The molecule has 2 heterocycles. The van der Waals surface area contributed by atoms with E-state index >= 15 is 0 Å². The monoisotopic (exact) mass is 544 g/mol. The maximum absolute atomic E-state index is 12.3. The summed E-state index contributed by atoms with van der Waals surface area (Å²) < 4.78 is 21.3. The Morgan fingerprint density at radius 2 is 1.44 bits per heavy atom. The molecule has 2 aliphatic rings. The number of rotatable bonds is 8. The van der Waals surface area contributed by atoms with Crippen molar-refractivity contribution < 1.29 is 64.0 Å². The molecule has 1 unspecified atom stereocenters. The van der Waals surface area contributed by atoms with Crippen molar-refractivity contribution in [2.24, 2.45) is 0 Å². The van der Waals surface area contributed by atoms with Gasteiger partial charge in [0.2, 0.25) is 0 Å². The van der Waals surface area contributed by atoms with E-state index in [1.165, 1.54) is 48.6 Å². The molecule has 2 aromatic carbocycles. The lowest BCUT2D eigenvalue weighted by Gasteiger charge is -2.35. The number of phenolic OH excluding ortho intramolecular Hbond substituents is 4. The van der Waals surface area contributed by atoms with Crippen molar-refractivity contribution in [1.82, 2.24) is 0 Å². The smallest absolute Gasteiger partial charge is 0.364 e. The Labute approximate surface area is 220 Å². The number of esters is 2. The van der Waals surface area contributed by atoms with Crippen molar-refractivity contribution >= 4 is 30.1 Å². The number of carbonyl (C=O) groups is 3. The number of aromatic hydroxyl groups is 4. The lowest BCUT2D eigenvalue weighted by molar-refractivity contribution is -0.247. The van der Waals surface area contributed by atoms with E-state index in [-0.39, 0.29) is 17.2 Å². The minimum atomic E-state index is -2.25. The van der Waals surface area contributed by atoms with Gasteiger partial charge in [-0.05, 0) is 47.5 Å². The highest BCUT2D eigenvalue weighted by Gasteiger charge is 2.63. The second-order valence-electron chi connectivity index (χ2n) is 8.76. The van der Waals surface area contributed by atoms with Crippen LogP contribution < -0.4 is 0 Å². The SMILES string of the molecule is O=C(/C=C/c1ccc(O)c(O)c1)OC[C@H]1O[C@@]2(C(=O)O)C[C@@H](OC(=O)/C=C/c3ccc(O)c(O)c3)C(O)[C@@H]1O2. The first-order chi connectivity index (χ1) is 18.5. The number of hydrogen-bond acceptors (Lipinski definition) is 12. The Kier molecular flexibility index (Phi) is 7.76. The quantitative estimate of drug-likeness (QED) is 0.156. The van der Waals surface area contributed by atoms with E-state index in [9.17, 15) is 45.0 Å². The predicted octanol–water partition coefficient (Wildman–Crippen LogP) is 1.02. The number of aliphatic hydroxyl groups excluding tert-OH is 1. The van der Waals surface area contributed by atoms with Crippen LogP contribution in [0.15, 0.2) is 48.6 Å². The zero-order valence-electron chi connectivity index (χ0n) is 20.0. The van der Waals surface area contributed by atoms with Gasteiger partial charge in [-0.2, -0.15) is 0 Å². The van der Waals surface area contributed by atoms with Gasteiger partial charge in [0.1, 0.15) is 31.0 Å². The zero-order valence-corrected chi connectivity index (χ0v) is 20.0. The van der Waals surface area contributed by atoms with Gasteiger partial charge in [-0.3, -0.25) is 0 Å². The molecule has 206 valence electrons. The van der Waals surface area contributed by atoms with E-state index < -0.39 is 66.9 Å². The van der Waals surface area contributed by atoms with E-state index in [1.807, 2.05) is 0 Å². The molecule has 5 atom stereocenters. The third kappa shape index (κ3) is 6.12. The van der Waals surface area contributed by atoms with Gasteiger partial charge >= 0.3 is 17.9 Å². The van der Waals surface area contributed by atoms with E-state index in [4.69, 9.17) is 18.9 Å². The number of carboxylic acid groups (broad SMARTS) is 1. The molecule has 0 radical (unpaired) electrons. The molecule has 2 aliphatic heterocycles. The molecule has 0 amide bonds. The molecule has 6 N–H and O–H groups in total. The van der Waals surface area contributed by atoms with Gasteiger partial charge in [0.05, 0.1) is 6.42 Å². The Bertz CT molecular complexity index is 1330. The number of carbonyl (C=O) groups excluding carboxylic acids is 2. The summed E-state index contributed by atoms with van der Waals surface area (Å²) in [5.74, 6) is -7.01. The van der Waals surface area contributed by atoms with Crippen LogP contribution in [0.25, 0.3) is 12.2 Å². The Morgan fingerprint density at radius 3 is 1.97 bits per heavy atom. The van der Waals surface area contributed by atoms with Crippen molar-refractivity contribution in [2.45, 2.75) is 36.6 Å². The van der Waals surface area contributed by atoms with Crippen LogP contribution in [-0.4, -0.2) is 85.4 Å². The first kappa shape index (κ1) is 27.4. The average Bonchev–Trinajstić information content (AvgIpc) is 3.22. The van der Waals surface area contributed by atoms with E-state index in [2.05, 4.69) is 0 Å². The molecule has 0 aromatic heterocycles. The number of fused-ring (bicyclic) bond motifs is 2. The fraction of sp³-hybridized carbons (Fsp3) is 0.269. The van der Waals surface area contributed by atoms with Crippen LogP contribution in [0.5, 0.6) is 23.0 Å². The summed E-state index contributed by atoms with van der Waals surface area (Å²) in [5.41, 5.74) is 0.748. The largest absolute Gasteiger partial charge is 0.504 e. The fourth-order valence-electron chi connectivity index (χ4n) is 4.06. The van der Waals surface area contributed by atoms with Crippen molar-refractivity contribution in [3.05, 3.63) is 59.7 Å². The van der Waals surface area contributed by atoms with Crippen molar-refractivity contribution in [3.63, 3.8) is 0 Å². The standard InChI is InChI=1S/C26H24O13/c27-15-5-1-13(9-17(15)29)3-7-21(31)36-12-20-24-23(33)19(11-26(38-20,39-24)25(34)35)37-22(32)8-4-14-2-6-16(28)18(30)10-14/h1-10,19-20,23-24,27-30,33H,11-12H2,(H,34,35)/b7-3+,8-4+/t19-,20-,23?,24-,26+/m1/s1. The van der Waals surface area contributed by atoms with Crippen molar-refractivity contribution in [1.29, 1.82) is 0 Å². The molecular formula is C26H24O13. The maximum Gasteiger partial charge on any atom is 0.364 e. The molecule has 39 heavy (non-hydrogen) atoms. The van der Waals surface area contributed by atoms with Crippen molar-refractivity contribution in [3.8, 4) is 23.0 Å². The molecule has 0 saturated carbocycles. The average molecular weight is 544 g/mol. The van der Waals surface area contributed by atoms with Crippen LogP contribution in [0.3, 0.4) is 0 Å². The van der Waals surface area contributed by atoms with Crippen molar-refractivity contribution in [2.75, 3.05) is 6.61 Å². The molecule has 0 aliphatic carbocycles. The van der Waals surface area contributed by atoms with Gasteiger partial charge < -0.3 is 49.6 Å². The van der Waals surface area contributed by atoms with E-state index in [0.717, 1.165) is 12.2 Å². The number of hydrogen-bond donors (Lipinski definition) is 6. The molecule has 2 saturated heterocycles. The molecule has 2 fully saturated rings. The molecule has 13 nitrogen and oxygen atoms in total. The Balaban J connectivity index is 1.38. The predicted molar refractivity (Wildman–Crippen MR) is 129 cm³/mol. The third-order valence-corrected chi connectivity index (χ3v) is 6.03. The highest BCUT2D eigenvalue weighted by molar-refractivity contribution is 5.88. The molecule has 0 spiro atoms. The topological polar surface area (TPSA) is 210 Å². The molecule has 4 rings (SSSR count). The number of carboxylic acids is 1. The molecular weight excluding hydrogens is 520 g/mol.